The zero-order valence-electron chi connectivity index (χ0n) is 13.2. The highest BCUT2D eigenvalue weighted by atomic mass is 35.5. The van der Waals surface area contributed by atoms with Crippen LogP contribution in [0.25, 0.3) is 0 Å². The Bertz CT molecular complexity index is 543. The third-order valence-corrected chi connectivity index (χ3v) is 4.04. The maximum Gasteiger partial charge on any atom is 0.410 e. The van der Waals surface area contributed by atoms with Gasteiger partial charge in [0.05, 0.1) is 6.04 Å². The fraction of sp³-hybridized carbons (Fsp3) is 0.562. The first-order chi connectivity index (χ1) is 10.3. The van der Waals surface area contributed by atoms with Gasteiger partial charge in [-0.2, -0.15) is 0 Å². The van der Waals surface area contributed by atoms with Gasteiger partial charge in [0, 0.05) is 29.7 Å². The number of piperazine rings is 1. The van der Waals surface area contributed by atoms with E-state index < -0.39 is 5.60 Å². The molecule has 1 aliphatic heterocycles. The second kappa shape index (κ2) is 7.07. The summed E-state index contributed by atoms with van der Waals surface area (Å²) < 4.78 is 5.50. The van der Waals surface area contributed by atoms with E-state index in [-0.39, 0.29) is 12.1 Å². The fourth-order valence-electron chi connectivity index (χ4n) is 2.45. The van der Waals surface area contributed by atoms with Crippen LogP contribution < -0.4 is 5.32 Å². The molecule has 0 radical (unpaired) electrons. The van der Waals surface area contributed by atoms with Crippen LogP contribution in [0.2, 0.25) is 10.0 Å². The van der Waals surface area contributed by atoms with E-state index in [4.69, 9.17) is 27.9 Å². The minimum absolute atomic E-state index is 0.0160. The Hall–Kier alpha value is -0.970. The number of amides is 1. The normalized spacial score (nSPS) is 19.1. The molecular formula is C16H22Cl2N2O2. The van der Waals surface area contributed by atoms with Crippen molar-refractivity contribution in [2.24, 2.45) is 0 Å². The van der Waals surface area contributed by atoms with Crippen molar-refractivity contribution in [3.05, 3.63) is 33.8 Å². The van der Waals surface area contributed by atoms with Crippen LogP contribution >= 0.6 is 23.2 Å². The molecule has 1 fully saturated rings. The maximum absolute atomic E-state index is 12.4. The summed E-state index contributed by atoms with van der Waals surface area (Å²) in [4.78, 5) is 14.2. The van der Waals surface area contributed by atoms with Crippen LogP contribution in [0.4, 0.5) is 4.79 Å². The summed E-state index contributed by atoms with van der Waals surface area (Å²) in [7, 11) is 0. The molecule has 22 heavy (non-hydrogen) atoms. The number of carbonyl (C=O) groups excluding carboxylic acids is 1. The summed E-state index contributed by atoms with van der Waals surface area (Å²) >= 11 is 12.2. The third kappa shape index (κ3) is 4.77. The number of carbonyl (C=O) groups is 1. The Balaban J connectivity index is 2.11. The van der Waals surface area contributed by atoms with Crippen molar-refractivity contribution in [2.75, 3.05) is 19.6 Å². The predicted octanol–water partition coefficient (Wildman–Crippen LogP) is 3.74. The van der Waals surface area contributed by atoms with Crippen LogP contribution in [-0.4, -0.2) is 42.3 Å². The van der Waals surface area contributed by atoms with Crippen LogP contribution in [0, 0.1) is 0 Å². The first kappa shape index (κ1) is 17.4. The first-order valence-corrected chi connectivity index (χ1v) is 8.16. The number of halogens is 2. The number of ether oxygens (including phenoxy) is 1. The largest absolute Gasteiger partial charge is 0.444 e. The summed E-state index contributed by atoms with van der Waals surface area (Å²) in [6.45, 7) is 7.74. The van der Waals surface area contributed by atoms with Crippen molar-refractivity contribution in [3.63, 3.8) is 0 Å². The van der Waals surface area contributed by atoms with Gasteiger partial charge in [0.1, 0.15) is 5.60 Å². The van der Waals surface area contributed by atoms with E-state index in [1.165, 1.54) is 0 Å². The van der Waals surface area contributed by atoms with Crippen molar-refractivity contribution in [2.45, 2.75) is 38.8 Å². The molecule has 0 aliphatic carbocycles. The molecule has 1 atom stereocenters. The summed E-state index contributed by atoms with van der Waals surface area (Å²) in [5, 5.41) is 4.55. The average Bonchev–Trinajstić information content (AvgIpc) is 2.40. The zero-order chi connectivity index (χ0) is 16.3. The molecule has 1 amide bonds. The van der Waals surface area contributed by atoms with Gasteiger partial charge in [-0.3, -0.25) is 0 Å². The van der Waals surface area contributed by atoms with Crippen LogP contribution in [0.5, 0.6) is 0 Å². The lowest BCUT2D eigenvalue weighted by Gasteiger charge is -2.37. The molecule has 0 aromatic heterocycles. The van der Waals surface area contributed by atoms with E-state index >= 15 is 0 Å². The lowest BCUT2D eigenvalue weighted by Crippen LogP contribution is -2.55. The summed E-state index contributed by atoms with van der Waals surface area (Å²) in [6, 6.07) is 5.47. The number of rotatable bonds is 2. The van der Waals surface area contributed by atoms with Gasteiger partial charge < -0.3 is 15.0 Å². The van der Waals surface area contributed by atoms with Crippen LogP contribution in [0.15, 0.2) is 18.2 Å². The predicted molar refractivity (Wildman–Crippen MR) is 89.8 cm³/mol. The maximum atomic E-state index is 12.4. The molecule has 1 aromatic carbocycles. The lowest BCUT2D eigenvalue weighted by molar-refractivity contribution is 0.0122. The van der Waals surface area contributed by atoms with Crippen molar-refractivity contribution in [1.82, 2.24) is 10.2 Å². The van der Waals surface area contributed by atoms with Gasteiger partial charge in [-0.15, -0.1) is 0 Å². The number of benzene rings is 1. The lowest BCUT2D eigenvalue weighted by atomic mass is 10.0. The van der Waals surface area contributed by atoms with Crippen molar-refractivity contribution in [1.29, 1.82) is 0 Å². The van der Waals surface area contributed by atoms with E-state index in [2.05, 4.69) is 5.32 Å². The Kier molecular flexibility index (Phi) is 5.59. The van der Waals surface area contributed by atoms with E-state index in [1.807, 2.05) is 32.9 Å². The summed E-state index contributed by atoms with van der Waals surface area (Å²) in [5.74, 6) is 0. The van der Waals surface area contributed by atoms with Gasteiger partial charge in [-0.1, -0.05) is 29.3 Å². The molecule has 1 aliphatic rings. The van der Waals surface area contributed by atoms with Gasteiger partial charge >= 0.3 is 6.09 Å². The van der Waals surface area contributed by atoms with E-state index in [0.717, 1.165) is 18.7 Å². The van der Waals surface area contributed by atoms with Gasteiger partial charge in [-0.05, 0) is 44.9 Å². The first-order valence-electron chi connectivity index (χ1n) is 7.40. The van der Waals surface area contributed by atoms with Crippen molar-refractivity contribution >= 4 is 29.3 Å². The molecule has 0 saturated carbocycles. The Morgan fingerprint density at radius 2 is 2.14 bits per heavy atom. The van der Waals surface area contributed by atoms with Crippen LogP contribution in [0.3, 0.4) is 0 Å². The van der Waals surface area contributed by atoms with E-state index in [0.29, 0.717) is 23.0 Å². The molecular weight excluding hydrogens is 323 g/mol. The SMILES string of the molecule is CC(C)(C)OC(=O)N1CCNC[C@H]1Cc1ccc(Cl)cc1Cl. The molecule has 0 spiro atoms. The van der Waals surface area contributed by atoms with E-state index in [9.17, 15) is 4.79 Å². The number of hydrogen-bond donors (Lipinski definition) is 1. The molecule has 0 unspecified atom stereocenters. The smallest absolute Gasteiger partial charge is 0.410 e. The molecule has 1 N–H and O–H groups in total. The Morgan fingerprint density at radius 1 is 1.41 bits per heavy atom. The average molecular weight is 345 g/mol. The monoisotopic (exact) mass is 344 g/mol. The van der Waals surface area contributed by atoms with Crippen molar-refractivity contribution in [3.8, 4) is 0 Å². The second-order valence-corrected chi connectivity index (χ2v) is 7.32. The standard InChI is InChI=1S/C16H22Cl2N2O2/c1-16(2,3)22-15(21)20-7-6-19-10-13(20)8-11-4-5-12(17)9-14(11)18/h4-5,9,13,19H,6-8,10H2,1-3H3/t13-/m1/s1. The highest BCUT2D eigenvalue weighted by molar-refractivity contribution is 6.35. The quantitative estimate of drug-likeness (QED) is 0.888. The summed E-state index contributed by atoms with van der Waals surface area (Å²) in [6.07, 6.45) is 0.395. The third-order valence-electron chi connectivity index (χ3n) is 3.45. The molecule has 4 nitrogen and oxygen atoms in total. The number of nitrogens with zero attached hydrogens (tertiary/aromatic N) is 1. The Morgan fingerprint density at radius 3 is 2.77 bits per heavy atom. The van der Waals surface area contributed by atoms with E-state index in [1.54, 1.807) is 11.0 Å². The number of nitrogens with one attached hydrogen (secondary N) is 1. The summed E-state index contributed by atoms with van der Waals surface area (Å²) in [5.41, 5.74) is 0.484. The second-order valence-electron chi connectivity index (χ2n) is 6.47. The molecule has 1 saturated heterocycles. The van der Waals surface area contributed by atoms with Gasteiger partial charge in [0.2, 0.25) is 0 Å². The van der Waals surface area contributed by atoms with Gasteiger partial charge in [-0.25, -0.2) is 4.79 Å². The molecule has 0 bridgehead atoms. The topological polar surface area (TPSA) is 41.6 Å². The minimum Gasteiger partial charge on any atom is -0.444 e. The highest BCUT2D eigenvalue weighted by Gasteiger charge is 2.30. The van der Waals surface area contributed by atoms with Crippen LogP contribution in [0.1, 0.15) is 26.3 Å². The van der Waals surface area contributed by atoms with Gasteiger partial charge in [0.15, 0.2) is 0 Å². The van der Waals surface area contributed by atoms with Gasteiger partial charge in [0.25, 0.3) is 0 Å². The Labute approximate surface area is 141 Å². The zero-order valence-corrected chi connectivity index (χ0v) is 14.7. The molecule has 122 valence electrons. The molecule has 6 heteroatoms. The fourth-order valence-corrected chi connectivity index (χ4v) is 2.93. The molecule has 1 heterocycles. The highest BCUT2D eigenvalue weighted by Crippen LogP contribution is 2.24. The van der Waals surface area contributed by atoms with Crippen molar-refractivity contribution < 1.29 is 9.53 Å². The van der Waals surface area contributed by atoms with Crippen LogP contribution in [-0.2, 0) is 11.2 Å². The molecule has 2 rings (SSSR count). The minimum atomic E-state index is -0.496. The number of hydrogen-bond acceptors (Lipinski definition) is 3. The molecule has 1 aromatic rings.